The van der Waals surface area contributed by atoms with Crippen molar-refractivity contribution in [2.45, 2.75) is 13.1 Å². The summed E-state index contributed by atoms with van der Waals surface area (Å²) in [5.41, 5.74) is 1.42. The minimum absolute atomic E-state index is 0.164. The molecule has 1 unspecified atom stereocenters. The predicted octanol–water partition coefficient (Wildman–Crippen LogP) is 4.68. The van der Waals surface area contributed by atoms with E-state index < -0.39 is 11.7 Å². The van der Waals surface area contributed by atoms with E-state index in [1.165, 1.54) is 30.4 Å². The van der Waals surface area contributed by atoms with E-state index in [0.717, 1.165) is 6.07 Å². The molecule has 0 aliphatic carbocycles. The zero-order valence-corrected chi connectivity index (χ0v) is 13.8. The molecule has 7 heteroatoms. The van der Waals surface area contributed by atoms with E-state index >= 15 is 0 Å². The highest BCUT2D eigenvalue weighted by atomic mass is 32.1. The van der Waals surface area contributed by atoms with Gasteiger partial charge in [-0.3, -0.25) is 4.79 Å². The van der Waals surface area contributed by atoms with Gasteiger partial charge in [0, 0.05) is 22.6 Å². The largest absolute Gasteiger partial charge is 0.506 e. The van der Waals surface area contributed by atoms with E-state index in [9.17, 15) is 18.7 Å². The molecule has 0 fully saturated rings. The van der Waals surface area contributed by atoms with Crippen LogP contribution in [0.3, 0.4) is 0 Å². The second-order valence-electron chi connectivity index (χ2n) is 5.72. The van der Waals surface area contributed by atoms with E-state index in [2.05, 4.69) is 9.97 Å². The van der Waals surface area contributed by atoms with Crippen LogP contribution in [0.1, 0.15) is 18.7 Å². The van der Waals surface area contributed by atoms with Gasteiger partial charge < -0.3 is 10.1 Å². The molecular weight excluding hydrogens is 346 g/mol. The smallest absolute Gasteiger partial charge is 0.252 e. The summed E-state index contributed by atoms with van der Waals surface area (Å²) in [5, 5.41) is 10.5. The van der Waals surface area contributed by atoms with Crippen molar-refractivity contribution in [1.82, 2.24) is 9.97 Å². The lowest BCUT2D eigenvalue weighted by molar-refractivity contribution is 0.377. The maximum atomic E-state index is 14.3. The normalized spacial score (nSPS) is 12.8. The van der Waals surface area contributed by atoms with E-state index in [0.29, 0.717) is 37.3 Å². The van der Waals surface area contributed by atoms with Gasteiger partial charge in [-0.15, -0.1) is 11.3 Å². The number of aromatic amines is 1. The molecule has 0 amide bonds. The number of rotatable bonds is 2. The van der Waals surface area contributed by atoms with Gasteiger partial charge in [0.1, 0.15) is 22.6 Å². The van der Waals surface area contributed by atoms with E-state index in [-0.39, 0.29) is 11.6 Å². The highest BCUT2D eigenvalue weighted by molar-refractivity contribution is 7.25. The second-order valence-corrected chi connectivity index (χ2v) is 6.72. The molecule has 4 aromatic rings. The monoisotopic (exact) mass is 358 g/mol. The quantitative estimate of drug-likeness (QED) is 0.547. The van der Waals surface area contributed by atoms with Gasteiger partial charge in [-0.1, -0.05) is 0 Å². The average molecular weight is 358 g/mol. The molecule has 4 rings (SSSR count). The number of nitrogens with one attached hydrogen (secondary N) is 1. The van der Waals surface area contributed by atoms with Crippen molar-refractivity contribution in [1.29, 1.82) is 0 Å². The zero-order valence-electron chi connectivity index (χ0n) is 13.0. The number of hydrogen-bond donors (Lipinski definition) is 2. The number of halogens is 2. The number of benzene rings is 1. The van der Waals surface area contributed by atoms with Crippen LogP contribution < -0.4 is 5.56 Å². The predicted molar refractivity (Wildman–Crippen MR) is 94.3 cm³/mol. The maximum Gasteiger partial charge on any atom is 0.252 e. The zero-order chi connectivity index (χ0) is 17.7. The molecule has 0 saturated carbocycles. The van der Waals surface area contributed by atoms with Gasteiger partial charge in [-0.2, -0.15) is 0 Å². The average Bonchev–Trinajstić information content (AvgIpc) is 2.93. The fourth-order valence-electron chi connectivity index (χ4n) is 2.86. The van der Waals surface area contributed by atoms with Crippen molar-refractivity contribution < 1.29 is 13.9 Å². The number of pyridine rings is 2. The van der Waals surface area contributed by atoms with Crippen LogP contribution in [0.4, 0.5) is 8.78 Å². The number of H-pyrrole nitrogens is 1. The number of aromatic hydroxyl groups is 1. The molecule has 1 atom stereocenters. The molecule has 0 saturated heterocycles. The first-order valence-electron chi connectivity index (χ1n) is 7.53. The Balaban J connectivity index is 2.09. The van der Waals surface area contributed by atoms with Crippen molar-refractivity contribution >= 4 is 31.8 Å². The first kappa shape index (κ1) is 15.7. The van der Waals surface area contributed by atoms with Crippen LogP contribution in [0.15, 0.2) is 41.2 Å². The van der Waals surface area contributed by atoms with Gasteiger partial charge in [-0.05, 0) is 37.3 Å². The summed E-state index contributed by atoms with van der Waals surface area (Å²) in [7, 11) is 0. The number of nitrogens with zero attached hydrogens (tertiary/aromatic N) is 1. The van der Waals surface area contributed by atoms with Crippen molar-refractivity contribution in [3.8, 4) is 17.0 Å². The molecule has 0 bridgehead atoms. The fourth-order valence-corrected chi connectivity index (χ4v) is 3.94. The van der Waals surface area contributed by atoms with Gasteiger partial charge in [0.15, 0.2) is 0 Å². The first-order chi connectivity index (χ1) is 11.9. The van der Waals surface area contributed by atoms with Gasteiger partial charge in [0.2, 0.25) is 0 Å². The first-order valence-corrected chi connectivity index (χ1v) is 8.35. The Morgan fingerprint density at radius 2 is 1.96 bits per heavy atom. The van der Waals surface area contributed by atoms with Crippen molar-refractivity contribution in [2.75, 3.05) is 0 Å². The van der Waals surface area contributed by atoms with Crippen LogP contribution in [-0.4, -0.2) is 15.1 Å². The summed E-state index contributed by atoms with van der Waals surface area (Å²) < 4.78 is 27.9. The van der Waals surface area contributed by atoms with Gasteiger partial charge >= 0.3 is 0 Å². The standard InChI is InChI=1S/C18H12F2N2O2S/c1-8(19)11-6-12(9-2-4-10(20)5-3-9)21-18-15(11)16-17(25-18)13(23)7-14(24)22-16/h2-8H,1H3,(H2,22,23,24). The summed E-state index contributed by atoms with van der Waals surface area (Å²) in [5.74, 6) is -0.532. The minimum Gasteiger partial charge on any atom is -0.506 e. The van der Waals surface area contributed by atoms with Crippen molar-refractivity contribution in [3.05, 3.63) is 58.1 Å². The van der Waals surface area contributed by atoms with Crippen LogP contribution in [0, 0.1) is 5.82 Å². The highest BCUT2D eigenvalue weighted by Crippen LogP contribution is 2.41. The molecule has 0 aliphatic rings. The molecule has 3 heterocycles. The summed E-state index contributed by atoms with van der Waals surface area (Å²) in [4.78, 5) is 19.4. The van der Waals surface area contributed by atoms with Gasteiger partial charge in [0.25, 0.3) is 5.56 Å². The number of hydrogen-bond acceptors (Lipinski definition) is 4. The SMILES string of the molecule is CC(F)c1cc(-c2ccc(F)cc2)nc2sc3c(O)cc(=O)[nH]c3c12. The topological polar surface area (TPSA) is 66.0 Å². The summed E-state index contributed by atoms with van der Waals surface area (Å²) in [6.45, 7) is 1.40. The molecule has 0 spiro atoms. The lowest BCUT2D eigenvalue weighted by Crippen LogP contribution is -2.02. The molecule has 25 heavy (non-hydrogen) atoms. The van der Waals surface area contributed by atoms with E-state index in [4.69, 9.17) is 0 Å². The Morgan fingerprint density at radius 1 is 1.24 bits per heavy atom. The van der Waals surface area contributed by atoms with Crippen LogP contribution in [-0.2, 0) is 0 Å². The third kappa shape index (κ3) is 2.56. The summed E-state index contributed by atoms with van der Waals surface area (Å²) in [6, 6.07) is 8.44. The maximum absolute atomic E-state index is 14.3. The lowest BCUT2D eigenvalue weighted by atomic mass is 10.0. The number of aromatic nitrogens is 2. The number of alkyl halides is 1. The molecule has 2 N–H and O–H groups in total. The van der Waals surface area contributed by atoms with Crippen LogP contribution in [0.5, 0.6) is 5.75 Å². The molecule has 0 aliphatic heterocycles. The van der Waals surface area contributed by atoms with Crippen LogP contribution >= 0.6 is 11.3 Å². The fraction of sp³-hybridized carbons (Fsp3) is 0.111. The molecule has 0 radical (unpaired) electrons. The summed E-state index contributed by atoms with van der Waals surface area (Å²) in [6.07, 6.45) is -1.31. The number of fused-ring (bicyclic) bond motifs is 3. The summed E-state index contributed by atoms with van der Waals surface area (Å²) >= 11 is 1.17. The van der Waals surface area contributed by atoms with Gasteiger partial charge in [-0.25, -0.2) is 13.8 Å². The van der Waals surface area contributed by atoms with Gasteiger partial charge in [0.05, 0.1) is 15.9 Å². The minimum atomic E-state index is -1.31. The Kier molecular flexibility index (Phi) is 3.54. The third-order valence-electron chi connectivity index (χ3n) is 4.01. The Labute approximate surface area is 144 Å². The highest BCUT2D eigenvalue weighted by Gasteiger charge is 2.19. The Bertz CT molecular complexity index is 1160. The molecule has 4 nitrogen and oxygen atoms in total. The van der Waals surface area contributed by atoms with Crippen LogP contribution in [0.2, 0.25) is 0 Å². The van der Waals surface area contributed by atoms with Crippen molar-refractivity contribution in [2.24, 2.45) is 0 Å². The number of thiophene rings is 1. The lowest BCUT2D eigenvalue weighted by Gasteiger charge is -2.08. The Hall–Kier alpha value is -2.80. The molecule has 3 aromatic heterocycles. The van der Waals surface area contributed by atoms with Crippen LogP contribution in [0.25, 0.3) is 31.7 Å². The molecule has 126 valence electrons. The van der Waals surface area contributed by atoms with Crippen molar-refractivity contribution in [3.63, 3.8) is 0 Å². The Morgan fingerprint density at radius 3 is 2.64 bits per heavy atom. The van der Waals surface area contributed by atoms with E-state index in [1.54, 1.807) is 18.2 Å². The van der Waals surface area contributed by atoms with E-state index in [1.807, 2.05) is 0 Å². The molecule has 1 aromatic carbocycles. The third-order valence-corrected chi connectivity index (χ3v) is 5.12. The molecular formula is C18H12F2N2O2S. The second kappa shape index (κ2) is 5.63.